The van der Waals surface area contributed by atoms with E-state index in [-0.39, 0.29) is 36.9 Å². The molecule has 272 valence electrons. The van der Waals surface area contributed by atoms with Gasteiger partial charge in [-0.05, 0) is 44.4 Å². The first-order chi connectivity index (χ1) is 24.3. The largest absolute Gasteiger partial charge is 0.504 e. The number of nitrogens with one attached hydrogen (secondary N) is 1. The van der Waals surface area contributed by atoms with Gasteiger partial charge < -0.3 is 39.8 Å². The van der Waals surface area contributed by atoms with E-state index >= 15 is 0 Å². The molecular weight excluding hydrogens is 678 g/mol. The van der Waals surface area contributed by atoms with E-state index in [1.807, 2.05) is 33.9 Å². The fourth-order valence-corrected chi connectivity index (χ4v) is 10.1. The molecule has 4 bridgehead atoms. The number of methoxy groups -OCH3 is 1. The molecular formula is C36H43N5O9S. The summed E-state index contributed by atoms with van der Waals surface area (Å²) in [6.45, 7) is 8.37. The van der Waals surface area contributed by atoms with Crippen LogP contribution in [-0.2, 0) is 25.5 Å². The predicted octanol–water partition coefficient (Wildman–Crippen LogP) is 2.70. The number of likely N-dealkylation sites (N-methyl/N-ethyl adjacent to an activating group) is 1. The molecule has 3 unspecified atom stereocenters. The number of carbonyl (C=O) groups excluding carboxylic acids is 3. The Kier molecular flexibility index (Phi) is 9.02. The zero-order valence-electron chi connectivity index (χ0n) is 29.6. The number of phenols is 1. The average Bonchev–Trinajstić information content (AvgIpc) is 3.57. The number of hydrogen-bond donors (Lipinski definition) is 3. The molecule has 2 aromatic carbocycles. The van der Waals surface area contributed by atoms with Crippen LogP contribution in [0.4, 0.5) is 0 Å². The third kappa shape index (κ3) is 5.37. The van der Waals surface area contributed by atoms with Crippen LogP contribution in [-0.4, -0.2) is 96.3 Å². The summed E-state index contributed by atoms with van der Waals surface area (Å²) in [6.07, 6.45) is 0.480. The van der Waals surface area contributed by atoms with Crippen molar-refractivity contribution in [1.29, 1.82) is 5.26 Å². The summed E-state index contributed by atoms with van der Waals surface area (Å²) in [5, 5.41) is 25.1. The molecule has 0 spiro atoms. The summed E-state index contributed by atoms with van der Waals surface area (Å²) in [7, 11) is 3.48. The lowest BCUT2D eigenvalue weighted by Crippen LogP contribution is -2.69. The van der Waals surface area contributed by atoms with Crippen molar-refractivity contribution in [3.05, 3.63) is 39.4 Å². The Balaban J connectivity index is 1.49. The Hall–Kier alpha value is -4.23. The minimum absolute atomic E-state index is 0.0256. The van der Waals surface area contributed by atoms with Gasteiger partial charge in [0, 0.05) is 47.0 Å². The predicted molar refractivity (Wildman–Crippen MR) is 185 cm³/mol. The highest BCUT2D eigenvalue weighted by Gasteiger charge is 2.60. The highest BCUT2D eigenvalue weighted by Crippen LogP contribution is 2.64. The number of esters is 2. The lowest BCUT2D eigenvalue weighted by Gasteiger charge is -2.61. The van der Waals surface area contributed by atoms with Gasteiger partial charge in [0.15, 0.2) is 23.0 Å². The van der Waals surface area contributed by atoms with E-state index in [0.29, 0.717) is 51.7 Å². The third-order valence-electron chi connectivity index (χ3n) is 11.0. The van der Waals surface area contributed by atoms with Gasteiger partial charge in [-0.2, -0.15) is 5.26 Å². The van der Waals surface area contributed by atoms with Gasteiger partial charge >= 0.3 is 11.9 Å². The van der Waals surface area contributed by atoms with Crippen LogP contribution in [0.2, 0.25) is 0 Å². The molecule has 2 aromatic rings. The molecule has 2 fully saturated rings. The molecule has 7 rings (SSSR count). The molecule has 4 N–H and O–H groups in total. The van der Waals surface area contributed by atoms with Crippen LogP contribution in [0, 0.1) is 31.1 Å². The summed E-state index contributed by atoms with van der Waals surface area (Å²) in [6, 6.07) is -0.0689. The zero-order chi connectivity index (χ0) is 36.6. The van der Waals surface area contributed by atoms with Crippen molar-refractivity contribution in [3.8, 4) is 34.8 Å². The normalized spacial score (nSPS) is 28.5. The molecule has 0 saturated carbocycles. The van der Waals surface area contributed by atoms with Gasteiger partial charge in [-0.3, -0.25) is 19.4 Å². The van der Waals surface area contributed by atoms with Crippen LogP contribution >= 0.6 is 11.8 Å². The first-order valence-corrected chi connectivity index (χ1v) is 18.1. The first kappa shape index (κ1) is 35.2. The lowest BCUT2D eigenvalue weighted by molar-refractivity contribution is -0.152. The Bertz CT molecular complexity index is 1860. The molecule has 14 nitrogen and oxygen atoms in total. The number of carbonyl (C=O) groups is 3. The van der Waals surface area contributed by atoms with Crippen molar-refractivity contribution in [3.63, 3.8) is 0 Å². The average molecular weight is 722 g/mol. The number of phenolic OH excluding ortho intramolecular Hbond substituents is 1. The zero-order valence-corrected chi connectivity index (χ0v) is 30.5. The Labute approximate surface area is 300 Å². The summed E-state index contributed by atoms with van der Waals surface area (Å²) < 4.78 is 29.8. The van der Waals surface area contributed by atoms with E-state index in [0.717, 1.165) is 11.1 Å². The van der Waals surface area contributed by atoms with Crippen LogP contribution in [0.1, 0.15) is 71.5 Å². The Morgan fingerprint density at radius 3 is 2.55 bits per heavy atom. The maximum Gasteiger partial charge on any atom is 0.329 e. The van der Waals surface area contributed by atoms with Crippen LogP contribution in [0.3, 0.4) is 0 Å². The van der Waals surface area contributed by atoms with Gasteiger partial charge in [-0.1, -0.05) is 19.9 Å². The van der Waals surface area contributed by atoms with Gasteiger partial charge in [0.05, 0.1) is 36.6 Å². The van der Waals surface area contributed by atoms with Crippen molar-refractivity contribution >= 4 is 29.6 Å². The number of amides is 1. The molecule has 1 amide bonds. The molecule has 0 aliphatic carbocycles. The molecule has 51 heavy (non-hydrogen) atoms. The summed E-state index contributed by atoms with van der Waals surface area (Å²) in [5.41, 5.74) is 10.4. The number of ether oxygens (including phenoxy) is 5. The van der Waals surface area contributed by atoms with Crippen LogP contribution in [0.5, 0.6) is 28.7 Å². The molecule has 5 aliphatic heterocycles. The summed E-state index contributed by atoms with van der Waals surface area (Å²) in [5.74, 6) is -0.200. The molecule has 5 aliphatic rings. The number of nitriles is 1. The minimum atomic E-state index is -1.05. The smallest absolute Gasteiger partial charge is 0.329 e. The maximum atomic E-state index is 13.8. The van der Waals surface area contributed by atoms with Gasteiger partial charge in [0.25, 0.3) is 0 Å². The van der Waals surface area contributed by atoms with Crippen LogP contribution < -0.4 is 30.0 Å². The van der Waals surface area contributed by atoms with Gasteiger partial charge in [0.1, 0.15) is 24.4 Å². The molecule has 5 heterocycles. The van der Waals surface area contributed by atoms with E-state index in [1.54, 1.807) is 6.92 Å². The highest BCUT2D eigenvalue weighted by atomic mass is 32.2. The second-order valence-electron chi connectivity index (χ2n) is 14.2. The maximum absolute atomic E-state index is 13.8. The first-order valence-electron chi connectivity index (χ1n) is 17.1. The fraction of sp³-hybridized carbons (Fsp3) is 0.556. The number of aromatic hydroxyl groups is 1. The van der Waals surface area contributed by atoms with E-state index in [9.17, 15) is 24.8 Å². The Morgan fingerprint density at radius 2 is 1.88 bits per heavy atom. The molecule has 8 atom stereocenters. The number of nitrogens with zero attached hydrogens (tertiary/aromatic N) is 3. The molecule has 0 radical (unpaired) electrons. The topological polar surface area (TPSA) is 186 Å². The molecule has 0 aromatic heterocycles. The lowest BCUT2D eigenvalue weighted by atomic mass is 9.71. The van der Waals surface area contributed by atoms with Crippen molar-refractivity contribution in [2.24, 2.45) is 11.7 Å². The second-order valence-corrected chi connectivity index (χ2v) is 15.4. The summed E-state index contributed by atoms with van der Waals surface area (Å²) >= 11 is 1.37. The number of rotatable bonds is 5. The van der Waals surface area contributed by atoms with Gasteiger partial charge in [-0.25, -0.2) is 4.79 Å². The number of piperazine rings is 1. The van der Waals surface area contributed by atoms with E-state index in [4.69, 9.17) is 29.4 Å². The van der Waals surface area contributed by atoms with Crippen LogP contribution in [0.15, 0.2) is 6.07 Å². The monoisotopic (exact) mass is 721 g/mol. The number of hydrogen-bond acceptors (Lipinski definition) is 14. The highest BCUT2D eigenvalue weighted by molar-refractivity contribution is 7.99. The number of fused-ring (bicyclic) bond motifs is 9. The number of cyclic esters (lactones) is 1. The number of aryl methyl sites for hydroxylation is 1. The second kappa shape index (κ2) is 13.1. The van der Waals surface area contributed by atoms with E-state index in [2.05, 4.69) is 21.2 Å². The van der Waals surface area contributed by atoms with Crippen molar-refractivity contribution in [1.82, 2.24) is 15.1 Å². The number of thioether (sulfide) groups is 1. The van der Waals surface area contributed by atoms with Gasteiger partial charge in [-0.15, -0.1) is 11.8 Å². The van der Waals surface area contributed by atoms with Gasteiger partial charge in [0.2, 0.25) is 12.7 Å². The third-order valence-corrected chi connectivity index (χ3v) is 12.4. The van der Waals surface area contributed by atoms with Crippen LogP contribution in [0.25, 0.3) is 0 Å². The van der Waals surface area contributed by atoms with Crippen molar-refractivity contribution in [2.75, 3.05) is 33.3 Å². The quantitative estimate of drug-likeness (QED) is 0.302. The molecule has 15 heteroatoms. The Morgan fingerprint density at radius 1 is 1.16 bits per heavy atom. The van der Waals surface area contributed by atoms with E-state index in [1.165, 1.54) is 25.8 Å². The standard InChI is InChI=1S/C36H43N5O9S/c1-14(2)26(38)35(44)39-19-12-51-34-25-24(33-32(48-13-49-33)16(4)31(25)50-17(5)42)22(11-47-36(19)45)41-21(10-37)20-9-18-8-15(3)30(46-7)29(43)23(18)27(28(34)41)40(20)6/h8,14,19-22,26-28,34,43H,9,11-13,38H2,1-7H3,(H,39,44)/t19?,20-,21-,22-,26?,27+,28?,34+/m0/s1. The minimum Gasteiger partial charge on any atom is -0.504 e. The fourth-order valence-electron chi connectivity index (χ4n) is 8.64. The summed E-state index contributed by atoms with van der Waals surface area (Å²) in [4.78, 5) is 43.9. The van der Waals surface area contributed by atoms with Crippen molar-refractivity contribution < 1.29 is 43.2 Å². The van der Waals surface area contributed by atoms with Crippen molar-refractivity contribution in [2.45, 2.75) is 88.6 Å². The number of benzene rings is 2. The SMILES string of the molecule is COc1c(C)cc2c(c1O)[C@@H]1C3[C@@H]4SCC(NC(=O)C(N)C(C)C)C(=O)OC[C@@H](c5c6c(c(C)c(OC(C)=O)c54)OCO6)N3[C@@H](C#N)[C@H](C2)N1C. The van der Waals surface area contributed by atoms with E-state index < -0.39 is 59.3 Å². The number of nitrogens with two attached hydrogens (primary N) is 1. The molecule has 2 saturated heterocycles.